The van der Waals surface area contributed by atoms with Gasteiger partial charge in [-0.2, -0.15) is 0 Å². The van der Waals surface area contributed by atoms with Crippen LogP contribution in [0, 0.1) is 3.57 Å². The smallest absolute Gasteiger partial charge is 0.132 e. The van der Waals surface area contributed by atoms with Crippen LogP contribution >= 0.6 is 22.6 Å². The Hall–Kier alpha value is -1.07. The molecule has 2 N–H and O–H groups in total. The van der Waals surface area contributed by atoms with Crippen molar-refractivity contribution in [3.8, 4) is 11.5 Å². The Bertz CT molecular complexity index is 527. The lowest BCUT2D eigenvalue weighted by Gasteiger charge is -2.15. The number of ether oxygens (including phenoxy) is 1. The Labute approximate surface area is 121 Å². The number of nitrogens with two attached hydrogens (primary N) is 1. The zero-order valence-corrected chi connectivity index (χ0v) is 12.4. The van der Waals surface area contributed by atoms with Crippen LogP contribution in [0.2, 0.25) is 0 Å². The summed E-state index contributed by atoms with van der Waals surface area (Å²) in [5.74, 6) is 1.69. The van der Waals surface area contributed by atoms with E-state index >= 15 is 0 Å². The molecule has 0 aliphatic carbocycles. The van der Waals surface area contributed by atoms with Crippen molar-refractivity contribution in [3.63, 3.8) is 0 Å². The summed E-state index contributed by atoms with van der Waals surface area (Å²) in [5.41, 5.74) is 7.15. The van der Waals surface area contributed by atoms with Crippen LogP contribution in [0.4, 0.5) is 0 Å². The minimum atomic E-state index is 0.0176. The van der Waals surface area contributed by atoms with Crippen molar-refractivity contribution in [2.24, 2.45) is 5.73 Å². The van der Waals surface area contributed by atoms with Crippen molar-refractivity contribution in [1.82, 2.24) is 0 Å². The zero-order chi connectivity index (χ0) is 13.0. The molecule has 3 heteroatoms. The second-order valence-corrected chi connectivity index (χ2v) is 5.36. The molecule has 94 valence electrons. The fourth-order valence-electron chi connectivity index (χ4n) is 1.76. The van der Waals surface area contributed by atoms with Gasteiger partial charge < -0.3 is 10.5 Å². The van der Waals surface area contributed by atoms with E-state index in [4.69, 9.17) is 10.5 Å². The lowest BCUT2D eigenvalue weighted by Crippen LogP contribution is -2.09. The lowest BCUT2D eigenvalue weighted by molar-refractivity contribution is 0.468. The standard InChI is InChI=1S/C15H16INO/c1-2-14(17)13-8-3-4-9-15(13)18-12-7-5-6-11(16)10-12/h3-10,14H,2,17H2,1H3. The number of para-hydroxylation sites is 1. The van der Waals surface area contributed by atoms with Crippen molar-refractivity contribution >= 4 is 22.6 Å². The van der Waals surface area contributed by atoms with Gasteiger partial charge in [0.05, 0.1) is 0 Å². The van der Waals surface area contributed by atoms with Gasteiger partial charge >= 0.3 is 0 Å². The summed E-state index contributed by atoms with van der Waals surface area (Å²) in [6.45, 7) is 2.08. The molecule has 0 aliphatic rings. The second-order valence-electron chi connectivity index (χ2n) is 4.11. The predicted molar refractivity (Wildman–Crippen MR) is 82.9 cm³/mol. The largest absolute Gasteiger partial charge is 0.457 e. The number of hydrogen-bond donors (Lipinski definition) is 1. The topological polar surface area (TPSA) is 35.2 Å². The van der Waals surface area contributed by atoms with Gasteiger partial charge in [0.15, 0.2) is 0 Å². The van der Waals surface area contributed by atoms with E-state index in [0.29, 0.717) is 0 Å². The molecule has 18 heavy (non-hydrogen) atoms. The van der Waals surface area contributed by atoms with E-state index in [1.807, 2.05) is 48.5 Å². The molecule has 0 aromatic heterocycles. The van der Waals surface area contributed by atoms with Gasteiger partial charge in [-0.15, -0.1) is 0 Å². The van der Waals surface area contributed by atoms with Crippen LogP contribution in [-0.4, -0.2) is 0 Å². The van der Waals surface area contributed by atoms with E-state index in [-0.39, 0.29) is 6.04 Å². The molecule has 0 amide bonds. The maximum atomic E-state index is 6.10. The van der Waals surface area contributed by atoms with Gasteiger partial charge in [0.25, 0.3) is 0 Å². The highest BCUT2D eigenvalue weighted by Gasteiger charge is 2.10. The maximum absolute atomic E-state index is 6.10. The Kier molecular flexibility index (Phi) is 4.60. The first kappa shape index (κ1) is 13.4. The number of rotatable bonds is 4. The third-order valence-electron chi connectivity index (χ3n) is 2.78. The predicted octanol–water partition coefficient (Wildman–Crippen LogP) is 4.49. The minimum absolute atomic E-state index is 0.0176. The van der Waals surface area contributed by atoms with E-state index in [9.17, 15) is 0 Å². The van der Waals surface area contributed by atoms with Crippen molar-refractivity contribution in [2.75, 3.05) is 0 Å². The molecule has 0 saturated carbocycles. The molecule has 1 unspecified atom stereocenters. The molecule has 0 radical (unpaired) electrons. The van der Waals surface area contributed by atoms with Crippen molar-refractivity contribution < 1.29 is 4.74 Å². The zero-order valence-electron chi connectivity index (χ0n) is 10.3. The Morgan fingerprint density at radius 1 is 1.17 bits per heavy atom. The summed E-state index contributed by atoms with van der Waals surface area (Å²) in [7, 11) is 0. The Balaban J connectivity index is 2.29. The average Bonchev–Trinajstić information content (AvgIpc) is 2.38. The Morgan fingerprint density at radius 2 is 1.94 bits per heavy atom. The van der Waals surface area contributed by atoms with Crippen LogP contribution in [0.5, 0.6) is 11.5 Å². The first-order valence-corrected chi connectivity index (χ1v) is 7.06. The van der Waals surface area contributed by atoms with Gasteiger partial charge in [-0.1, -0.05) is 31.2 Å². The molecule has 2 aromatic carbocycles. The fourth-order valence-corrected chi connectivity index (χ4v) is 2.27. The summed E-state index contributed by atoms with van der Waals surface area (Å²) in [4.78, 5) is 0. The molecule has 1 atom stereocenters. The molecule has 0 aliphatic heterocycles. The highest BCUT2D eigenvalue weighted by molar-refractivity contribution is 14.1. The van der Waals surface area contributed by atoms with E-state index in [1.54, 1.807) is 0 Å². The summed E-state index contributed by atoms with van der Waals surface area (Å²) < 4.78 is 7.08. The van der Waals surface area contributed by atoms with E-state index in [2.05, 4.69) is 29.5 Å². The monoisotopic (exact) mass is 353 g/mol. The summed E-state index contributed by atoms with van der Waals surface area (Å²) >= 11 is 2.27. The van der Waals surface area contributed by atoms with Gasteiger partial charge in [0, 0.05) is 15.2 Å². The lowest BCUT2D eigenvalue weighted by atomic mass is 10.0. The fraction of sp³-hybridized carbons (Fsp3) is 0.200. The number of halogens is 1. The van der Waals surface area contributed by atoms with Crippen LogP contribution in [0.15, 0.2) is 48.5 Å². The first-order valence-electron chi connectivity index (χ1n) is 5.98. The molecule has 0 bridgehead atoms. The summed E-state index contributed by atoms with van der Waals surface area (Å²) in [6, 6.07) is 16.0. The summed E-state index contributed by atoms with van der Waals surface area (Å²) in [6.07, 6.45) is 0.896. The molecule has 2 rings (SSSR count). The SMILES string of the molecule is CCC(N)c1ccccc1Oc1cccc(I)c1. The van der Waals surface area contributed by atoms with Gasteiger partial charge in [0.2, 0.25) is 0 Å². The van der Waals surface area contributed by atoms with Crippen molar-refractivity contribution in [3.05, 3.63) is 57.7 Å². The molecular formula is C15H16INO. The third kappa shape index (κ3) is 3.23. The molecule has 0 heterocycles. The van der Waals surface area contributed by atoms with E-state index in [1.165, 1.54) is 0 Å². The van der Waals surface area contributed by atoms with Gasteiger partial charge in [-0.3, -0.25) is 0 Å². The number of benzene rings is 2. The highest BCUT2D eigenvalue weighted by Crippen LogP contribution is 2.30. The van der Waals surface area contributed by atoms with E-state index < -0.39 is 0 Å². The van der Waals surface area contributed by atoms with Crippen LogP contribution < -0.4 is 10.5 Å². The Morgan fingerprint density at radius 3 is 2.67 bits per heavy atom. The first-order chi connectivity index (χ1) is 8.70. The van der Waals surface area contributed by atoms with Crippen LogP contribution in [0.1, 0.15) is 24.9 Å². The highest BCUT2D eigenvalue weighted by atomic mass is 127. The van der Waals surface area contributed by atoms with Crippen LogP contribution in [0.25, 0.3) is 0 Å². The molecule has 0 fully saturated rings. The van der Waals surface area contributed by atoms with Gasteiger partial charge in [0.1, 0.15) is 11.5 Å². The minimum Gasteiger partial charge on any atom is -0.457 e. The average molecular weight is 353 g/mol. The second kappa shape index (κ2) is 6.20. The molecule has 0 saturated heterocycles. The van der Waals surface area contributed by atoms with Crippen LogP contribution in [0.3, 0.4) is 0 Å². The van der Waals surface area contributed by atoms with Crippen LogP contribution in [-0.2, 0) is 0 Å². The van der Waals surface area contributed by atoms with Gasteiger partial charge in [-0.25, -0.2) is 0 Å². The normalized spacial score (nSPS) is 12.2. The third-order valence-corrected chi connectivity index (χ3v) is 3.45. The molecule has 0 spiro atoms. The van der Waals surface area contributed by atoms with Crippen molar-refractivity contribution in [1.29, 1.82) is 0 Å². The van der Waals surface area contributed by atoms with Crippen molar-refractivity contribution in [2.45, 2.75) is 19.4 Å². The molecule has 2 nitrogen and oxygen atoms in total. The van der Waals surface area contributed by atoms with Gasteiger partial charge in [-0.05, 0) is 53.3 Å². The molecular weight excluding hydrogens is 337 g/mol. The molecule has 2 aromatic rings. The summed E-state index contributed by atoms with van der Waals surface area (Å²) in [5, 5.41) is 0. The van der Waals surface area contributed by atoms with E-state index in [0.717, 1.165) is 27.1 Å². The maximum Gasteiger partial charge on any atom is 0.132 e. The number of hydrogen-bond acceptors (Lipinski definition) is 2. The quantitative estimate of drug-likeness (QED) is 0.822.